The first-order valence-corrected chi connectivity index (χ1v) is 6.81. The van der Waals surface area contributed by atoms with Crippen LogP contribution in [0.15, 0.2) is 24.3 Å². The van der Waals surface area contributed by atoms with Gasteiger partial charge in [-0.15, -0.1) is 16.4 Å². The summed E-state index contributed by atoms with van der Waals surface area (Å²) in [4.78, 5) is 3.27. The number of thiophene rings is 1. The van der Waals surface area contributed by atoms with Crippen molar-refractivity contribution in [1.29, 1.82) is 0 Å². The van der Waals surface area contributed by atoms with Crippen molar-refractivity contribution in [3.63, 3.8) is 0 Å². The SMILES string of the molecule is CNCc1ccc(N(C)Cc2ccc(Cl)s2)nn1. The van der Waals surface area contributed by atoms with Crippen molar-refractivity contribution < 1.29 is 0 Å². The summed E-state index contributed by atoms with van der Waals surface area (Å²) in [7, 11) is 3.89. The Hall–Kier alpha value is -1.17. The van der Waals surface area contributed by atoms with Crippen molar-refractivity contribution in [3.05, 3.63) is 39.2 Å². The van der Waals surface area contributed by atoms with Crippen molar-refractivity contribution in [3.8, 4) is 0 Å². The van der Waals surface area contributed by atoms with Crippen LogP contribution < -0.4 is 10.2 Å². The molecule has 6 heteroatoms. The summed E-state index contributed by atoms with van der Waals surface area (Å²) in [5.74, 6) is 0.861. The van der Waals surface area contributed by atoms with Crippen molar-refractivity contribution in [1.82, 2.24) is 15.5 Å². The zero-order valence-electron chi connectivity index (χ0n) is 10.4. The van der Waals surface area contributed by atoms with Gasteiger partial charge in [0.15, 0.2) is 5.82 Å². The molecule has 0 spiro atoms. The molecule has 0 unspecified atom stereocenters. The van der Waals surface area contributed by atoms with Gasteiger partial charge in [0.1, 0.15) is 0 Å². The van der Waals surface area contributed by atoms with Gasteiger partial charge in [0.25, 0.3) is 0 Å². The number of anilines is 1. The first-order valence-electron chi connectivity index (χ1n) is 5.61. The minimum absolute atomic E-state index is 0.734. The second-order valence-corrected chi connectivity index (χ2v) is 5.77. The van der Waals surface area contributed by atoms with Crippen LogP contribution in [0.3, 0.4) is 0 Å². The van der Waals surface area contributed by atoms with Crippen LogP contribution >= 0.6 is 22.9 Å². The third kappa shape index (κ3) is 3.41. The first kappa shape index (κ1) is 13.3. The van der Waals surface area contributed by atoms with E-state index in [1.165, 1.54) is 4.88 Å². The molecule has 18 heavy (non-hydrogen) atoms. The number of hydrogen-bond acceptors (Lipinski definition) is 5. The fourth-order valence-corrected chi connectivity index (χ4v) is 2.72. The van der Waals surface area contributed by atoms with E-state index in [9.17, 15) is 0 Å². The van der Waals surface area contributed by atoms with Crippen LogP contribution in [0.25, 0.3) is 0 Å². The van der Waals surface area contributed by atoms with E-state index in [0.29, 0.717) is 0 Å². The number of hydrogen-bond donors (Lipinski definition) is 1. The van der Waals surface area contributed by atoms with Crippen LogP contribution in [0.5, 0.6) is 0 Å². The Bertz CT molecular complexity index is 497. The molecule has 0 saturated carbocycles. The molecule has 96 valence electrons. The van der Waals surface area contributed by atoms with Crippen LogP contribution in [-0.2, 0) is 13.1 Å². The Labute approximate surface area is 116 Å². The Kier molecular flexibility index (Phi) is 4.52. The number of halogens is 1. The fourth-order valence-electron chi connectivity index (χ4n) is 1.58. The highest BCUT2D eigenvalue weighted by Crippen LogP contribution is 2.23. The maximum absolute atomic E-state index is 5.91. The maximum atomic E-state index is 5.91. The molecule has 0 radical (unpaired) electrons. The minimum Gasteiger partial charge on any atom is -0.353 e. The van der Waals surface area contributed by atoms with E-state index in [1.807, 2.05) is 38.4 Å². The van der Waals surface area contributed by atoms with E-state index in [4.69, 9.17) is 11.6 Å². The van der Waals surface area contributed by atoms with Crippen molar-refractivity contribution in [2.24, 2.45) is 0 Å². The number of rotatable bonds is 5. The molecule has 0 aliphatic rings. The second kappa shape index (κ2) is 6.13. The van der Waals surface area contributed by atoms with Crippen LogP contribution in [0.4, 0.5) is 5.82 Å². The minimum atomic E-state index is 0.734. The van der Waals surface area contributed by atoms with E-state index >= 15 is 0 Å². The van der Waals surface area contributed by atoms with E-state index in [2.05, 4.69) is 20.4 Å². The summed E-state index contributed by atoms with van der Waals surface area (Å²) in [6, 6.07) is 7.91. The molecule has 0 saturated heterocycles. The monoisotopic (exact) mass is 282 g/mol. The molecule has 0 aromatic carbocycles. The second-order valence-electron chi connectivity index (χ2n) is 3.98. The van der Waals surface area contributed by atoms with Gasteiger partial charge in [0.2, 0.25) is 0 Å². The predicted molar refractivity (Wildman–Crippen MR) is 76.2 cm³/mol. The summed E-state index contributed by atoms with van der Waals surface area (Å²) in [5.41, 5.74) is 0.939. The largest absolute Gasteiger partial charge is 0.353 e. The highest BCUT2D eigenvalue weighted by molar-refractivity contribution is 7.16. The highest BCUT2D eigenvalue weighted by atomic mass is 35.5. The molecular formula is C12H15ClN4S. The quantitative estimate of drug-likeness (QED) is 0.915. The predicted octanol–water partition coefficient (Wildman–Crippen LogP) is 2.55. The Morgan fingerprint density at radius 2 is 2.11 bits per heavy atom. The smallest absolute Gasteiger partial charge is 0.151 e. The average molecular weight is 283 g/mol. The average Bonchev–Trinajstić information content (AvgIpc) is 2.76. The summed E-state index contributed by atoms with van der Waals surface area (Å²) in [6.45, 7) is 1.52. The third-order valence-electron chi connectivity index (χ3n) is 2.48. The zero-order chi connectivity index (χ0) is 13.0. The van der Waals surface area contributed by atoms with E-state index < -0.39 is 0 Å². The fraction of sp³-hybridized carbons (Fsp3) is 0.333. The van der Waals surface area contributed by atoms with Crippen LogP contribution in [-0.4, -0.2) is 24.3 Å². The first-order chi connectivity index (χ1) is 8.69. The van der Waals surface area contributed by atoms with Gasteiger partial charge in [0, 0.05) is 18.5 Å². The normalized spacial score (nSPS) is 10.6. The highest BCUT2D eigenvalue weighted by Gasteiger charge is 2.06. The van der Waals surface area contributed by atoms with Crippen LogP contribution in [0, 0.1) is 0 Å². The lowest BCUT2D eigenvalue weighted by Crippen LogP contribution is -2.18. The Morgan fingerprint density at radius 1 is 1.28 bits per heavy atom. The van der Waals surface area contributed by atoms with Crippen molar-refractivity contribution in [2.45, 2.75) is 13.1 Å². The van der Waals surface area contributed by atoms with Crippen LogP contribution in [0.1, 0.15) is 10.6 Å². The summed E-state index contributed by atoms with van der Waals surface area (Å²) in [5, 5.41) is 11.4. The molecule has 0 aliphatic carbocycles. The summed E-state index contributed by atoms with van der Waals surface area (Å²) >= 11 is 7.50. The standard InChI is InChI=1S/C12H15ClN4S/c1-14-7-9-3-6-12(16-15-9)17(2)8-10-4-5-11(13)18-10/h3-6,14H,7-8H2,1-2H3. The van der Waals surface area contributed by atoms with Crippen LogP contribution in [0.2, 0.25) is 4.34 Å². The number of aromatic nitrogens is 2. The van der Waals surface area contributed by atoms with Gasteiger partial charge in [-0.3, -0.25) is 0 Å². The maximum Gasteiger partial charge on any atom is 0.151 e. The lowest BCUT2D eigenvalue weighted by atomic mass is 10.3. The Morgan fingerprint density at radius 3 is 2.67 bits per heavy atom. The van der Waals surface area contributed by atoms with Gasteiger partial charge in [-0.1, -0.05) is 11.6 Å². The molecule has 0 atom stereocenters. The van der Waals surface area contributed by atoms with E-state index in [-0.39, 0.29) is 0 Å². The molecule has 0 bridgehead atoms. The lowest BCUT2D eigenvalue weighted by Gasteiger charge is -2.16. The molecule has 2 aromatic heterocycles. The molecule has 4 nitrogen and oxygen atoms in total. The summed E-state index contributed by atoms with van der Waals surface area (Å²) < 4.78 is 0.814. The van der Waals surface area contributed by atoms with E-state index in [1.54, 1.807) is 11.3 Å². The Balaban J connectivity index is 2.02. The van der Waals surface area contributed by atoms with Gasteiger partial charge in [-0.2, -0.15) is 5.10 Å². The molecule has 1 N–H and O–H groups in total. The molecule has 2 rings (SSSR count). The molecule has 0 fully saturated rings. The lowest BCUT2D eigenvalue weighted by molar-refractivity contribution is 0.760. The zero-order valence-corrected chi connectivity index (χ0v) is 11.9. The van der Waals surface area contributed by atoms with Gasteiger partial charge < -0.3 is 10.2 Å². The molecule has 0 aliphatic heterocycles. The third-order valence-corrected chi connectivity index (χ3v) is 3.69. The van der Waals surface area contributed by atoms with Crippen molar-refractivity contribution in [2.75, 3.05) is 19.0 Å². The van der Waals surface area contributed by atoms with Gasteiger partial charge in [-0.25, -0.2) is 0 Å². The number of nitrogens with zero attached hydrogens (tertiary/aromatic N) is 3. The van der Waals surface area contributed by atoms with Gasteiger partial charge in [0.05, 0.1) is 16.6 Å². The van der Waals surface area contributed by atoms with Crippen molar-refractivity contribution >= 4 is 28.8 Å². The molecule has 0 amide bonds. The van der Waals surface area contributed by atoms with Gasteiger partial charge >= 0.3 is 0 Å². The van der Waals surface area contributed by atoms with Gasteiger partial charge in [-0.05, 0) is 31.3 Å². The molecule has 2 aromatic rings. The molecule has 2 heterocycles. The summed E-state index contributed by atoms with van der Waals surface area (Å²) in [6.07, 6.45) is 0. The van der Waals surface area contributed by atoms with E-state index in [0.717, 1.165) is 28.9 Å². The molecular weight excluding hydrogens is 268 g/mol. The number of nitrogens with one attached hydrogen (secondary N) is 1. The topological polar surface area (TPSA) is 41.0 Å².